The van der Waals surface area contributed by atoms with Crippen molar-refractivity contribution in [3.05, 3.63) is 11.5 Å². The molecule has 12 nitrogen and oxygen atoms in total. The summed E-state index contributed by atoms with van der Waals surface area (Å²) in [5.41, 5.74) is 4.47. The van der Waals surface area contributed by atoms with E-state index in [1.54, 1.807) is 27.7 Å². The molecular weight excluding hydrogens is 514 g/mol. The molecule has 0 aromatic heterocycles. The number of carbonyl (C=O) groups is 5. The Kier molecular flexibility index (Phi) is 14.2. The van der Waals surface area contributed by atoms with Gasteiger partial charge in [0, 0.05) is 31.1 Å². The summed E-state index contributed by atoms with van der Waals surface area (Å²) in [5.74, 6) is -2.70. The van der Waals surface area contributed by atoms with Gasteiger partial charge in [-0.1, -0.05) is 47.6 Å². The Morgan fingerprint density at radius 3 is 1.87 bits per heavy atom. The van der Waals surface area contributed by atoms with E-state index in [0.717, 1.165) is 11.7 Å². The molecule has 0 saturated heterocycles. The standard InChI is InChI=1S/C25H45N5O7S/c1-9-18(27-16(4)31)22(33)30-21(25(5,6)7)24(35)29-19(14-15(2)3)23(34)28-17(10-11-20(26)32)12-13-38(8,36)37/h12-13,15,17-19,21H,9-11,14H2,1-8H3,(H2,26,32)(H,27,31)(H,28,34)(H,29,35)(H,30,33)/b13-12+/t17-,18-,19-,21+/m0/s1. The highest BCUT2D eigenvalue weighted by molar-refractivity contribution is 7.93. The van der Waals surface area contributed by atoms with E-state index in [1.165, 1.54) is 13.0 Å². The summed E-state index contributed by atoms with van der Waals surface area (Å²) in [4.78, 5) is 62.1. The molecule has 0 aromatic carbocycles. The number of nitrogens with two attached hydrogens (primary N) is 1. The van der Waals surface area contributed by atoms with Crippen LogP contribution in [0.4, 0.5) is 0 Å². The summed E-state index contributed by atoms with van der Waals surface area (Å²) in [6, 6.07) is -3.69. The average molecular weight is 560 g/mol. The molecule has 0 spiro atoms. The second-order valence-corrected chi connectivity index (χ2v) is 12.9. The molecular formula is C25H45N5O7S. The molecule has 4 atom stereocenters. The van der Waals surface area contributed by atoms with Crippen molar-refractivity contribution in [2.45, 2.75) is 98.3 Å². The number of carbonyl (C=O) groups excluding carboxylic acids is 5. The molecule has 0 fully saturated rings. The first kappa shape index (κ1) is 35.0. The Balaban J connectivity index is 5.89. The van der Waals surface area contributed by atoms with Crippen molar-refractivity contribution in [3.63, 3.8) is 0 Å². The molecule has 6 N–H and O–H groups in total. The Bertz CT molecular complexity index is 987. The second kappa shape index (κ2) is 15.5. The molecule has 0 aliphatic carbocycles. The fraction of sp³-hybridized carbons (Fsp3) is 0.720. The van der Waals surface area contributed by atoms with Crippen LogP contribution in [-0.4, -0.2) is 68.4 Å². The number of amides is 5. The van der Waals surface area contributed by atoms with Gasteiger partial charge < -0.3 is 27.0 Å². The maximum absolute atomic E-state index is 13.4. The molecule has 0 aliphatic heterocycles. The van der Waals surface area contributed by atoms with Crippen molar-refractivity contribution in [2.24, 2.45) is 17.1 Å². The molecule has 5 amide bonds. The normalized spacial score (nSPS) is 15.3. The van der Waals surface area contributed by atoms with Gasteiger partial charge in [-0.05, 0) is 30.6 Å². The van der Waals surface area contributed by atoms with E-state index in [-0.39, 0.29) is 31.1 Å². The number of rotatable bonds is 15. The van der Waals surface area contributed by atoms with Gasteiger partial charge in [-0.25, -0.2) is 8.42 Å². The minimum absolute atomic E-state index is 0.00593. The van der Waals surface area contributed by atoms with Crippen LogP contribution in [-0.2, 0) is 33.8 Å². The highest BCUT2D eigenvalue weighted by Gasteiger charge is 2.36. The topological polar surface area (TPSA) is 194 Å². The smallest absolute Gasteiger partial charge is 0.243 e. The van der Waals surface area contributed by atoms with Crippen LogP contribution in [0.1, 0.15) is 74.1 Å². The van der Waals surface area contributed by atoms with Gasteiger partial charge in [-0.2, -0.15) is 0 Å². The minimum atomic E-state index is -3.49. The fourth-order valence-electron chi connectivity index (χ4n) is 3.51. The van der Waals surface area contributed by atoms with Crippen LogP contribution < -0.4 is 27.0 Å². The average Bonchev–Trinajstić information content (AvgIpc) is 2.74. The van der Waals surface area contributed by atoms with Crippen LogP contribution in [0.25, 0.3) is 0 Å². The van der Waals surface area contributed by atoms with E-state index in [4.69, 9.17) is 5.73 Å². The lowest BCUT2D eigenvalue weighted by Crippen LogP contribution is -2.60. The lowest BCUT2D eigenvalue weighted by molar-refractivity contribution is -0.136. The first-order valence-corrected chi connectivity index (χ1v) is 14.6. The molecule has 0 unspecified atom stereocenters. The largest absolute Gasteiger partial charge is 0.370 e. The maximum atomic E-state index is 13.4. The lowest BCUT2D eigenvalue weighted by atomic mass is 9.85. The minimum Gasteiger partial charge on any atom is -0.370 e. The fourth-order valence-corrected chi connectivity index (χ4v) is 3.98. The number of sulfone groups is 1. The number of nitrogens with one attached hydrogen (secondary N) is 4. The highest BCUT2D eigenvalue weighted by Crippen LogP contribution is 2.20. The zero-order chi connectivity index (χ0) is 29.8. The van der Waals surface area contributed by atoms with Crippen LogP contribution >= 0.6 is 0 Å². The summed E-state index contributed by atoms with van der Waals surface area (Å²) >= 11 is 0. The quantitative estimate of drug-likeness (QED) is 0.190. The van der Waals surface area contributed by atoms with Gasteiger partial charge in [0.2, 0.25) is 29.5 Å². The molecule has 0 rings (SSSR count). The van der Waals surface area contributed by atoms with Gasteiger partial charge in [0.25, 0.3) is 0 Å². The summed E-state index contributed by atoms with van der Waals surface area (Å²) in [6.07, 6.45) is 2.80. The molecule has 0 bridgehead atoms. The predicted octanol–water partition coefficient (Wildman–Crippen LogP) is 0.272. The van der Waals surface area contributed by atoms with Crippen LogP contribution in [0.5, 0.6) is 0 Å². The Hall–Kier alpha value is -2.96. The van der Waals surface area contributed by atoms with E-state index in [0.29, 0.717) is 6.42 Å². The summed E-state index contributed by atoms with van der Waals surface area (Å²) in [5, 5.41) is 11.6. The predicted molar refractivity (Wildman–Crippen MR) is 145 cm³/mol. The van der Waals surface area contributed by atoms with Gasteiger partial charge in [0.05, 0.1) is 0 Å². The van der Waals surface area contributed by atoms with Crippen LogP contribution in [0.2, 0.25) is 0 Å². The molecule has 0 radical (unpaired) electrons. The number of primary amides is 1. The van der Waals surface area contributed by atoms with Crippen LogP contribution in [0, 0.1) is 11.3 Å². The van der Waals surface area contributed by atoms with Gasteiger partial charge in [0.1, 0.15) is 18.1 Å². The molecule has 218 valence electrons. The third kappa shape index (κ3) is 14.7. The SMILES string of the molecule is CC[C@H](NC(C)=O)C(=O)N[C@H](C(=O)N[C@@H](CC(C)C)C(=O)N[C@H](/C=C/S(C)(=O)=O)CCC(N)=O)C(C)(C)C. The van der Waals surface area contributed by atoms with Crippen molar-refractivity contribution in [3.8, 4) is 0 Å². The number of hydrogen-bond donors (Lipinski definition) is 5. The second-order valence-electron chi connectivity index (χ2n) is 10.9. The van der Waals surface area contributed by atoms with Crippen molar-refractivity contribution >= 4 is 39.4 Å². The third-order valence-corrected chi connectivity index (χ3v) is 6.10. The van der Waals surface area contributed by atoms with Gasteiger partial charge in [-0.3, -0.25) is 24.0 Å². The Morgan fingerprint density at radius 2 is 1.45 bits per heavy atom. The molecule has 0 saturated carbocycles. The molecule has 0 aromatic rings. The van der Waals surface area contributed by atoms with Crippen molar-refractivity contribution in [2.75, 3.05) is 6.26 Å². The van der Waals surface area contributed by atoms with E-state index >= 15 is 0 Å². The zero-order valence-corrected chi connectivity index (χ0v) is 24.5. The summed E-state index contributed by atoms with van der Waals surface area (Å²) in [6.45, 7) is 12.0. The summed E-state index contributed by atoms with van der Waals surface area (Å²) < 4.78 is 23.1. The highest BCUT2D eigenvalue weighted by atomic mass is 32.2. The third-order valence-electron chi connectivity index (χ3n) is 5.44. The van der Waals surface area contributed by atoms with Crippen molar-refractivity contribution in [1.82, 2.24) is 21.3 Å². The van der Waals surface area contributed by atoms with E-state index in [2.05, 4.69) is 21.3 Å². The van der Waals surface area contributed by atoms with E-state index < -0.39 is 63.0 Å². The van der Waals surface area contributed by atoms with E-state index in [9.17, 15) is 32.4 Å². The Labute approximate surface area is 226 Å². The van der Waals surface area contributed by atoms with Crippen molar-refractivity contribution in [1.29, 1.82) is 0 Å². The maximum Gasteiger partial charge on any atom is 0.243 e. The number of hydrogen-bond acceptors (Lipinski definition) is 7. The van der Waals surface area contributed by atoms with Crippen molar-refractivity contribution < 1.29 is 32.4 Å². The van der Waals surface area contributed by atoms with E-state index in [1.807, 2.05) is 13.8 Å². The molecule has 13 heteroatoms. The summed E-state index contributed by atoms with van der Waals surface area (Å²) in [7, 11) is -3.49. The lowest BCUT2D eigenvalue weighted by Gasteiger charge is -2.33. The first-order valence-electron chi connectivity index (χ1n) is 12.6. The molecule has 38 heavy (non-hydrogen) atoms. The first-order chi connectivity index (χ1) is 17.3. The van der Waals surface area contributed by atoms with Gasteiger partial charge in [-0.15, -0.1) is 0 Å². The van der Waals surface area contributed by atoms with Gasteiger partial charge >= 0.3 is 0 Å². The van der Waals surface area contributed by atoms with Crippen LogP contribution in [0.15, 0.2) is 11.5 Å². The van der Waals surface area contributed by atoms with Crippen LogP contribution in [0.3, 0.4) is 0 Å². The molecule has 0 heterocycles. The van der Waals surface area contributed by atoms with Gasteiger partial charge in [0.15, 0.2) is 9.84 Å². The Morgan fingerprint density at radius 1 is 0.895 bits per heavy atom. The monoisotopic (exact) mass is 559 g/mol. The zero-order valence-electron chi connectivity index (χ0n) is 23.7. The molecule has 0 aliphatic rings.